The summed E-state index contributed by atoms with van der Waals surface area (Å²) in [4.78, 5) is 15.7. The number of carbonyl (C=O) groups is 1. The van der Waals surface area contributed by atoms with E-state index in [2.05, 4.69) is 10.3 Å². The summed E-state index contributed by atoms with van der Waals surface area (Å²) < 4.78 is 5.34. The second-order valence-electron chi connectivity index (χ2n) is 4.02. The molecule has 2 rings (SSSR count). The Bertz CT molecular complexity index is 500. The highest BCUT2D eigenvalue weighted by molar-refractivity contribution is 5.77. The summed E-state index contributed by atoms with van der Waals surface area (Å²) in [5.74, 6) is 0.571. The van der Waals surface area contributed by atoms with Crippen LogP contribution in [0.3, 0.4) is 0 Å². The molecule has 0 unspecified atom stereocenters. The minimum atomic E-state index is -0.125. The molecular weight excluding hydrogens is 240 g/mol. The van der Waals surface area contributed by atoms with Crippen molar-refractivity contribution in [2.24, 2.45) is 0 Å². The van der Waals surface area contributed by atoms with E-state index in [0.717, 1.165) is 12.1 Å². The van der Waals surface area contributed by atoms with Crippen LogP contribution in [0.15, 0.2) is 54.7 Å². The van der Waals surface area contributed by atoms with Crippen molar-refractivity contribution < 1.29 is 9.53 Å². The molecule has 1 aromatic carbocycles. The van der Waals surface area contributed by atoms with E-state index in [1.165, 1.54) is 0 Å². The number of aromatic nitrogens is 1. The first-order valence-corrected chi connectivity index (χ1v) is 6.19. The number of hydrogen-bond donors (Lipinski definition) is 1. The van der Waals surface area contributed by atoms with Crippen LogP contribution in [0.2, 0.25) is 0 Å². The number of ether oxygens (including phenoxy) is 1. The van der Waals surface area contributed by atoms with Crippen LogP contribution in [0.25, 0.3) is 0 Å². The minimum absolute atomic E-state index is 0.0340. The first kappa shape index (κ1) is 13.1. The molecule has 0 spiro atoms. The van der Waals surface area contributed by atoms with Gasteiger partial charge in [0, 0.05) is 24.9 Å². The molecular formula is C15H16N2O2. The van der Waals surface area contributed by atoms with E-state index >= 15 is 0 Å². The van der Waals surface area contributed by atoms with Gasteiger partial charge in [0.25, 0.3) is 5.91 Å². The van der Waals surface area contributed by atoms with Crippen molar-refractivity contribution in [3.05, 3.63) is 60.4 Å². The standard InChI is InChI=1S/C15H16N2O2/c18-15(12-19-14-7-2-1-3-8-14)17-11-9-13-6-4-5-10-16-13/h1-8,10H,9,11-12H2,(H,17,18). The first-order chi connectivity index (χ1) is 9.34. The zero-order valence-electron chi connectivity index (χ0n) is 10.6. The second-order valence-corrected chi connectivity index (χ2v) is 4.02. The fraction of sp³-hybridized carbons (Fsp3) is 0.200. The molecule has 0 fully saturated rings. The summed E-state index contributed by atoms with van der Waals surface area (Å²) in [6.07, 6.45) is 2.47. The van der Waals surface area contributed by atoms with Crippen molar-refractivity contribution >= 4 is 5.91 Å². The number of hydrogen-bond acceptors (Lipinski definition) is 3. The number of pyridine rings is 1. The number of para-hydroxylation sites is 1. The third-order valence-electron chi connectivity index (χ3n) is 2.54. The van der Waals surface area contributed by atoms with Gasteiger partial charge in [-0.2, -0.15) is 0 Å². The van der Waals surface area contributed by atoms with Gasteiger partial charge in [-0.1, -0.05) is 24.3 Å². The fourth-order valence-electron chi connectivity index (χ4n) is 1.59. The van der Waals surface area contributed by atoms with Crippen molar-refractivity contribution in [3.63, 3.8) is 0 Å². The molecule has 1 N–H and O–H groups in total. The number of benzene rings is 1. The molecule has 0 bridgehead atoms. The molecule has 0 saturated heterocycles. The van der Waals surface area contributed by atoms with E-state index in [4.69, 9.17) is 4.74 Å². The third kappa shape index (κ3) is 4.79. The Balaban J connectivity index is 1.65. The van der Waals surface area contributed by atoms with Crippen molar-refractivity contribution in [3.8, 4) is 5.75 Å². The summed E-state index contributed by atoms with van der Waals surface area (Å²) in [5.41, 5.74) is 0.965. The lowest BCUT2D eigenvalue weighted by atomic mass is 10.3. The molecule has 2 aromatic rings. The van der Waals surface area contributed by atoms with Crippen LogP contribution in [0.5, 0.6) is 5.75 Å². The van der Waals surface area contributed by atoms with Crippen molar-refractivity contribution in [1.82, 2.24) is 10.3 Å². The van der Waals surface area contributed by atoms with Gasteiger partial charge in [-0.3, -0.25) is 9.78 Å². The molecule has 1 aromatic heterocycles. The molecule has 4 heteroatoms. The molecule has 4 nitrogen and oxygen atoms in total. The summed E-state index contributed by atoms with van der Waals surface area (Å²) in [6, 6.07) is 15.0. The first-order valence-electron chi connectivity index (χ1n) is 6.19. The average molecular weight is 256 g/mol. The van der Waals surface area contributed by atoms with Crippen molar-refractivity contribution in [1.29, 1.82) is 0 Å². The van der Waals surface area contributed by atoms with Gasteiger partial charge in [-0.15, -0.1) is 0 Å². The molecule has 1 amide bonds. The maximum Gasteiger partial charge on any atom is 0.257 e. The molecule has 1 heterocycles. The Morgan fingerprint density at radius 2 is 1.89 bits per heavy atom. The molecule has 0 aliphatic carbocycles. The van der Waals surface area contributed by atoms with Crippen molar-refractivity contribution in [2.45, 2.75) is 6.42 Å². The Morgan fingerprint density at radius 3 is 2.63 bits per heavy atom. The van der Waals surface area contributed by atoms with Crippen LogP contribution in [-0.2, 0) is 11.2 Å². The van der Waals surface area contributed by atoms with E-state index in [1.54, 1.807) is 6.20 Å². The van der Waals surface area contributed by atoms with Gasteiger partial charge in [0.05, 0.1) is 0 Å². The topological polar surface area (TPSA) is 51.2 Å². The van der Waals surface area contributed by atoms with Crippen LogP contribution < -0.4 is 10.1 Å². The summed E-state index contributed by atoms with van der Waals surface area (Å²) in [7, 11) is 0. The molecule has 0 saturated carbocycles. The molecule has 0 aliphatic rings. The Hall–Kier alpha value is -2.36. The number of nitrogens with zero attached hydrogens (tertiary/aromatic N) is 1. The van der Waals surface area contributed by atoms with Crippen LogP contribution >= 0.6 is 0 Å². The molecule has 98 valence electrons. The summed E-state index contributed by atoms with van der Waals surface area (Å²) in [5, 5.41) is 2.80. The highest BCUT2D eigenvalue weighted by atomic mass is 16.5. The van der Waals surface area contributed by atoms with Crippen LogP contribution in [0.1, 0.15) is 5.69 Å². The number of amides is 1. The van der Waals surface area contributed by atoms with Gasteiger partial charge in [-0.25, -0.2) is 0 Å². The monoisotopic (exact) mass is 256 g/mol. The smallest absolute Gasteiger partial charge is 0.257 e. The normalized spacial score (nSPS) is 9.89. The van der Waals surface area contributed by atoms with Gasteiger partial charge in [0.2, 0.25) is 0 Å². The van der Waals surface area contributed by atoms with E-state index in [0.29, 0.717) is 12.3 Å². The highest BCUT2D eigenvalue weighted by Gasteiger charge is 2.02. The number of carbonyl (C=O) groups excluding carboxylic acids is 1. The Morgan fingerprint density at radius 1 is 1.11 bits per heavy atom. The predicted molar refractivity (Wildman–Crippen MR) is 72.9 cm³/mol. The molecule has 0 aliphatic heterocycles. The lowest BCUT2D eigenvalue weighted by Gasteiger charge is -2.07. The largest absolute Gasteiger partial charge is 0.484 e. The SMILES string of the molecule is O=C(COc1ccccc1)NCCc1ccccn1. The van der Waals surface area contributed by atoms with Gasteiger partial charge < -0.3 is 10.1 Å². The van der Waals surface area contributed by atoms with Crippen LogP contribution in [0, 0.1) is 0 Å². The Labute approximate surface area is 112 Å². The molecule has 0 radical (unpaired) electrons. The summed E-state index contributed by atoms with van der Waals surface area (Å²) in [6.45, 7) is 0.597. The average Bonchev–Trinajstić information content (AvgIpc) is 2.47. The van der Waals surface area contributed by atoms with Gasteiger partial charge in [-0.05, 0) is 24.3 Å². The van der Waals surface area contributed by atoms with Gasteiger partial charge >= 0.3 is 0 Å². The number of nitrogens with one attached hydrogen (secondary N) is 1. The zero-order chi connectivity index (χ0) is 13.3. The highest BCUT2D eigenvalue weighted by Crippen LogP contribution is 2.07. The maximum atomic E-state index is 11.6. The van der Waals surface area contributed by atoms with Crippen molar-refractivity contribution in [2.75, 3.05) is 13.2 Å². The van der Waals surface area contributed by atoms with E-state index < -0.39 is 0 Å². The lowest BCUT2D eigenvalue weighted by molar-refractivity contribution is -0.123. The quantitative estimate of drug-likeness (QED) is 0.857. The second kappa shape index (κ2) is 7.16. The Kier molecular flexibility index (Phi) is 4.93. The van der Waals surface area contributed by atoms with E-state index in [1.807, 2.05) is 48.5 Å². The summed E-state index contributed by atoms with van der Waals surface area (Å²) >= 11 is 0. The van der Waals surface area contributed by atoms with Gasteiger partial charge in [0.15, 0.2) is 6.61 Å². The van der Waals surface area contributed by atoms with Crippen LogP contribution in [0.4, 0.5) is 0 Å². The lowest BCUT2D eigenvalue weighted by Crippen LogP contribution is -2.30. The van der Waals surface area contributed by atoms with E-state index in [-0.39, 0.29) is 12.5 Å². The maximum absolute atomic E-state index is 11.6. The zero-order valence-corrected chi connectivity index (χ0v) is 10.6. The third-order valence-corrected chi connectivity index (χ3v) is 2.54. The fourth-order valence-corrected chi connectivity index (χ4v) is 1.59. The number of rotatable bonds is 6. The molecule has 0 atom stereocenters. The van der Waals surface area contributed by atoms with E-state index in [9.17, 15) is 4.79 Å². The van der Waals surface area contributed by atoms with Gasteiger partial charge in [0.1, 0.15) is 5.75 Å². The minimum Gasteiger partial charge on any atom is -0.484 e. The molecule has 19 heavy (non-hydrogen) atoms. The predicted octanol–water partition coefficient (Wildman–Crippen LogP) is 1.82. The van der Waals surface area contributed by atoms with Crippen LogP contribution in [-0.4, -0.2) is 24.0 Å².